The molecule has 2 aromatic rings. The fraction of sp³-hybridized carbons (Fsp3) is 0.471. The molecule has 3 rings (SSSR count). The number of likely N-dealkylation sites (N-methyl/N-ethyl adjacent to an activating group) is 1. The molecule has 1 aliphatic heterocycles. The second-order valence-corrected chi connectivity index (χ2v) is 8.16. The smallest absolute Gasteiger partial charge is 0.241 e. The van der Waals surface area contributed by atoms with Gasteiger partial charge < -0.3 is 4.90 Å². The van der Waals surface area contributed by atoms with Gasteiger partial charge in [-0.25, -0.2) is 13.1 Å². The van der Waals surface area contributed by atoms with Gasteiger partial charge in [-0.3, -0.25) is 9.88 Å². The van der Waals surface area contributed by atoms with Crippen LogP contribution in [0.3, 0.4) is 0 Å². The zero-order chi connectivity index (χ0) is 17.2. The van der Waals surface area contributed by atoms with E-state index < -0.39 is 10.0 Å². The molecule has 1 aliphatic rings. The Bertz CT molecular complexity index is 796. The molecule has 130 valence electrons. The Hall–Kier alpha value is -1.54. The van der Waals surface area contributed by atoms with Gasteiger partial charge in [-0.1, -0.05) is 12.1 Å². The van der Waals surface area contributed by atoms with Crippen LogP contribution >= 0.6 is 0 Å². The molecule has 1 aromatic carbocycles. The minimum Gasteiger partial charge on any atom is -0.304 e. The van der Waals surface area contributed by atoms with Crippen LogP contribution in [0, 0.1) is 0 Å². The summed E-state index contributed by atoms with van der Waals surface area (Å²) in [6.45, 7) is 6.64. The van der Waals surface area contributed by atoms with Crippen LogP contribution in [0.2, 0.25) is 0 Å². The maximum absolute atomic E-state index is 12.8. The van der Waals surface area contributed by atoms with Gasteiger partial charge in [-0.2, -0.15) is 0 Å². The standard InChI is InChI=1S/C17H24N4O2S/c1-14(13-21-10-8-20(2)9-11-21)19-24(22,23)17-5-3-4-15-12-18-7-6-16(15)17/h3-7,12,14,19H,8-11,13H2,1-2H3. The van der Waals surface area contributed by atoms with Gasteiger partial charge in [0.2, 0.25) is 10.0 Å². The molecule has 7 heteroatoms. The lowest BCUT2D eigenvalue weighted by Crippen LogP contribution is -2.49. The molecule has 0 bridgehead atoms. The number of fused-ring (bicyclic) bond motifs is 1. The Morgan fingerprint density at radius 1 is 1.21 bits per heavy atom. The molecule has 1 saturated heterocycles. The van der Waals surface area contributed by atoms with Gasteiger partial charge in [0.1, 0.15) is 0 Å². The highest BCUT2D eigenvalue weighted by molar-refractivity contribution is 7.89. The second-order valence-electron chi connectivity index (χ2n) is 6.48. The SMILES string of the molecule is CC(CN1CCN(C)CC1)NS(=O)(=O)c1cccc2cnccc12. The first-order valence-electron chi connectivity index (χ1n) is 8.22. The van der Waals surface area contributed by atoms with Gasteiger partial charge in [0.15, 0.2) is 0 Å². The highest BCUT2D eigenvalue weighted by Crippen LogP contribution is 2.22. The van der Waals surface area contributed by atoms with Crippen molar-refractivity contribution in [3.05, 3.63) is 36.7 Å². The average molecular weight is 348 g/mol. The van der Waals surface area contributed by atoms with E-state index in [2.05, 4.69) is 26.6 Å². The van der Waals surface area contributed by atoms with Crippen molar-refractivity contribution in [3.8, 4) is 0 Å². The van der Waals surface area contributed by atoms with E-state index in [1.807, 2.05) is 13.0 Å². The number of hydrogen-bond acceptors (Lipinski definition) is 5. The lowest BCUT2D eigenvalue weighted by atomic mass is 10.2. The quantitative estimate of drug-likeness (QED) is 0.878. The second kappa shape index (κ2) is 7.14. The molecule has 6 nitrogen and oxygen atoms in total. The summed E-state index contributed by atoms with van der Waals surface area (Å²) in [4.78, 5) is 8.96. The molecular weight excluding hydrogens is 324 g/mol. The Labute approximate surface area is 143 Å². The minimum absolute atomic E-state index is 0.143. The lowest BCUT2D eigenvalue weighted by molar-refractivity contribution is 0.147. The molecule has 1 aromatic heterocycles. The summed E-state index contributed by atoms with van der Waals surface area (Å²) in [5, 5.41) is 1.53. The number of nitrogens with zero attached hydrogens (tertiary/aromatic N) is 3. The van der Waals surface area contributed by atoms with E-state index in [1.54, 1.807) is 30.6 Å². The third-order valence-electron chi connectivity index (χ3n) is 4.41. The van der Waals surface area contributed by atoms with E-state index in [0.717, 1.165) is 38.1 Å². The first-order valence-corrected chi connectivity index (χ1v) is 9.70. The summed E-state index contributed by atoms with van der Waals surface area (Å²) in [5.41, 5.74) is 0. The first-order chi connectivity index (χ1) is 11.5. The molecule has 0 spiro atoms. The van der Waals surface area contributed by atoms with Crippen molar-refractivity contribution >= 4 is 20.8 Å². The van der Waals surface area contributed by atoms with E-state index in [0.29, 0.717) is 10.3 Å². The number of hydrogen-bond donors (Lipinski definition) is 1. The maximum Gasteiger partial charge on any atom is 0.241 e. The van der Waals surface area contributed by atoms with Gasteiger partial charge in [0.25, 0.3) is 0 Å². The van der Waals surface area contributed by atoms with Crippen LogP contribution in [-0.4, -0.2) is 69.0 Å². The van der Waals surface area contributed by atoms with Gasteiger partial charge in [0, 0.05) is 61.9 Å². The maximum atomic E-state index is 12.8. The predicted octanol–water partition coefficient (Wildman–Crippen LogP) is 1.15. The monoisotopic (exact) mass is 348 g/mol. The topological polar surface area (TPSA) is 65.5 Å². The highest BCUT2D eigenvalue weighted by Gasteiger charge is 2.22. The molecule has 1 atom stereocenters. The average Bonchev–Trinajstić information content (AvgIpc) is 2.56. The fourth-order valence-electron chi connectivity index (χ4n) is 3.11. The minimum atomic E-state index is -3.56. The molecule has 0 amide bonds. The summed E-state index contributed by atoms with van der Waals surface area (Å²) in [5.74, 6) is 0. The zero-order valence-electron chi connectivity index (χ0n) is 14.1. The van der Waals surface area contributed by atoms with Crippen LogP contribution in [-0.2, 0) is 10.0 Å². The van der Waals surface area contributed by atoms with E-state index in [1.165, 1.54) is 0 Å². The molecule has 1 unspecified atom stereocenters. The molecule has 0 radical (unpaired) electrons. The van der Waals surface area contributed by atoms with Crippen LogP contribution in [0.5, 0.6) is 0 Å². The molecule has 0 saturated carbocycles. The van der Waals surface area contributed by atoms with Gasteiger partial charge in [0.05, 0.1) is 4.90 Å². The van der Waals surface area contributed by atoms with Crippen LogP contribution < -0.4 is 4.72 Å². The van der Waals surface area contributed by atoms with Crippen molar-refractivity contribution in [2.45, 2.75) is 17.9 Å². The molecule has 0 aliphatic carbocycles. The van der Waals surface area contributed by atoms with Crippen molar-refractivity contribution in [2.24, 2.45) is 0 Å². The van der Waals surface area contributed by atoms with E-state index >= 15 is 0 Å². The number of nitrogens with one attached hydrogen (secondary N) is 1. The Kier molecular flexibility index (Phi) is 5.15. The van der Waals surface area contributed by atoms with E-state index in [4.69, 9.17) is 0 Å². The van der Waals surface area contributed by atoms with Crippen molar-refractivity contribution in [2.75, 3.05) is 39.8 Å². The molecule has 1 fully saturated rings. The normalized spacial score (nSPS) is 18.8. The van der Waals surface area contributed by atoms with E-state index in [-0.39, 0.29) is 6.04 Å². The largest absolute Gasteiger partial charge is 0.304 e. The van der Waals surface area contributed by atoms with Gasteiger partial charge in [-0.15, -0.1) is 0 Å². The molecular formula is C17H24N4O2S. The van der Waals surface area contributed by atoms with Crippen LogP contribution in [0.15, 0.2) is 41.6 Å². The van der Waals surface area contributed by atoms with Gasteiger partial charge in [-0.05, 0) is 26.1 Å². The molecule has 1 N–H and O–H groups in total. The predicted molar refractivity (Wildman–Crippen MR) is 95.5 cm³/mol. The molecule has 2 heterocycles. The van der Waals surface area contributed by atoms with Crippen molar-refractivity contribution in [1.29, 1.82) is 0 Å². The first kappa shape index (κ1) is 17.3. The van der Waals surface area contributed by atoms with Crippen molar-refractivity contribution in [1.82, 2.24) is 19.5 Å². The number of piperazine rings is 1. The fourth-order valence-corrected chi connectivity index (χ4v) is 4.57. The summed E-state index contributed by atoms with van der Waals surface area (Å²) in [6, 6.07) is 6.87. The summed E-state index contributed by atoms with van der Waals surface area (Å²) in [7, 11) is -1.45. The summed E-state index contributed by atoms with van der Waals surface area (Å²) >= 11 is 0. The summed E-state index contributed by atoms with van der Waals surface area (Å²) in [6.07, 6.45) is 3.30. The zero-order valence-corrected chi connectivity index (χ0v) is 15.0. The van der Waals surface area contributed by atoms with E-state index in [9.17, 15) is 8.42 Å². The lowest BCUT2D eigenvalue weighted by Gasteiger charge is -2.34. The molecule has 24 heavy (non-hydrogen) atoms. The Balaban J connectivity index is 1.73. The Morgan fingerprint density at radius 3 is 2.71 bits per heavy atom. The summed E-state index contributed by atoms with van der Waals surface area (Å²) < 4.78 is 28.4. The number of pyridine rings is 1. The number of aromatic nitrogens is 1. The Morgan fingerprint density at radius 2 is 1.96 bits per heavy atom. The van der Waals surface area contributed by atoms with Crippen LogP contribution in [0.1, 0.15) is 6.92 Å². The number of benzene rings is 1. The number of sulfonamides is 1. The van der Waals surface area contributed by atoms with Crippen LogP contribution in [0.25, 0.3) is 10.8 Å². The third-order valence-corrected chi connectivity index (χ3v) is 6.06. The van der Waals surface area contributed by atoms with Gasteiger partial charge >= 0.3 is 0 Å². The third kappa shape index (κ3) is 3.92. The van der Waals surface area contributed by atoms with Crippen molar-refractivity contribution in [3.63, 3.8) is 0 Å². The highest BCUT2D eigenvalue weighted by atomic mass is 32.2. The number of rotatable bonds is 5. The van der Waals surface area contributed by atoms with Crippen LogP contribution in [0.4, 0.5) is 0 Å². The van der Waals surface area contributed by atoms with Crippen molar-refractivity contribution < 1.29 is 8.42 Å².